The molecule has 0 spiro atoms. The van der Waals surface area contributed by atoms with E-state index in [2.05, 4.69) is 192 Å². The van der Waals surface area contributed by atoms with Gasteiger partial charge in [-0.25, -0.2) is 0 Å². The quantitative estimate of drug-likeness (QED) is 0.164. The molecule has 0 radical (unpaired) electrons. The molecule has 7 heteroatoms. The van der Waals surface area contributed by atoms with E-state index in [1.165, 1.54) is 55.3 Å². The van der Waals surface area contributed by atoms with Gasteiger partial charge >= 0.3 is 0 Å². The van der Waals surface area contributed by atoms with Crippen molar-refractivity contribution in [2.24, 2.45) is 0 Å². The van der Waals surface area contributed by atoms with Gasteiger partial charge in [0.2, 0.25) is 0 Å². The van der Waals surface area contributed by atoms with Crippen molar-refractivity contribution >= 4 is 57.2 Å². The third-order valence-electron chi connectivity index (χ3n) is 13.3. The Morgan fingerprint density at radius 2 is 0.922 bits per heavy atom. The van der Waals surface area contributed by atoms with Crippen LogP contribution in [0.2, 0.25) is 0 Å². The SMILES string of the molecule is Cc1cc2c3c(c1)N(c1ccc4c(c1)OCCCO4)c1cc4c(cc1B3c1ccc(-c3ccc(C(C)(C)C)cc3)cc1N2c1cccc(-c2ccc(C(C)(C)C)cc2)c1)OCCCO4. The van der Waals surface area contributed by atoms with Crippen LogP contribution in [0.1, 0.15) is 71.1 Å². The third-order valence-corrected chi connectivity index (χ3v) is 13.3. The first-order valence-electron chi connectivity index (χ1n) is 22.9. The van der Waals surface area contributed by atoms with Gasteiger partial charge in [-0.05, 0) is 122 Å². The molecule has 6 nitrogen and oxygen atoms in total. The van der Waals surface area contributed by atoms with Gasteiger partial charge in [0.15, 0.2) is 23.0 Å². The maximum Gasteiger partial charge on any atom is 0.252 e. The summed E-state index contributed by atoms with van der Waals surface area (Å²) in [5, 5.41) is 0. The van der Waals surface area contributed by atoms with Crippen molar-refractivity contribution in [3.05, 3.63) is 150 Å². The Kier molecular flexibility index (Phi) is 9.61. The van der Waals surface area contributed by atoms with E-state index in [9.17, 15) is 0 Å². The van der Waals surface area contributed by atoms with Gasteiger partial charge in [-0.1, -0.05) is 114 Å². The topological polar surface area (TPSA) is 43.4 Å². The molecular formula is C57H55BN2O4. The number of fused-ring (bicyclic) bond motifs is 6. The van der Waals surface area contributed by atoms with E-state index in [0.29, 0.717) is 26.4 Å². The molecule has 4 aliphatic heterocycles. The minimum atomic E-state index is -0.0916. The number of hydrogen-bond donors (Lipinski definition) is 0. The summed E-state index contributed by atoms with van der Waals surface area (Å²) in [5.41, 5.74) is 19.0. The fourth-order valence-corrected chi connectivity index (χ4v) is 9.96. The lowest BCUT2D eigenvalue weighted by atomic mass is 9.33. The van der Waals surface area contributed by atoms with Crippen LogP contribution in [0.25, 0.3) is 22.3 Å². The smallest absolute Gasteiger partial charge is 0.252 e. The molecule has 0 N–H and O–H groups in total. The molecule has 11 rings (SSSR count). The molecule has 0 aromatic heterocycles. The van der Waals surface area contributed by atoms with Crippen molar-refractivity contribution in [1.29, 1.82) is 0 Å². The van der Waals surface area contributed by atoms with Crippen molar-refractivity contribution < 1.29 is 18.9 Å². The van der Waals surface area contributed by atoms with Gasteiger partial charge in [-0.15, -0.1) is 0 Å². The Bertz CT molecular complexity index is 2940. The number of hydrogen-bond acceptors (Lipinski definition) is 6. The predicted octanol–water partition coefficient (Wildman–Crippen LogP) is 12.3. The summed E-state index contributed by atoms with van der Waals surface area (Å²) in [6, 6.07) is 49.9. The molecule has 0 amide bonds. The maximum atomic E-state index is 6.47. The van der Waals surface area contributed by atoms with Crippen LogP contribution >= 0.6 is 0 Å². The first kappa shape index (κ1) is 40.2. The highest BCUT2D eigenvalue weighted by atomic mass is 16.5. The first-order chi connectivity index (χ1) is 30.9. The molecular weight excluding hydrogens is 787 g/mol. The van der Waals surface area contributed by atoms with Crippen molar-refractivity contribution in [1.82, 2.24) is 0 Å². The van der Waals surface area contributed by atoms with Crippen LogP contribution < -0.4 is 45.1 Å². The molecule has 0 unspecified atom stereocenters. The molecule has 320 valence electrons. The highest BCUT2D eigenvalue weighted by Gasteiger charge is 2.44. The molecule has 0 fully saturated rings. The summed E-state index contributed by atoms with van der Waals surface area (Å²) in [4.78, 5) is 4.92. The molecule has 0 saturated carbocycles. The van der Waals surface area contributed by atoms with Crippen LogP contribution in [0.3, 0.4) is 0 Å². The summed E-state index contributed by atoms with van der Waals surface area (Å²) in [5.74, 6) is 3.10. The van der Waals surface area contributed by atoms with Crippen molar-refractivity contribution in [2.75, 3.05) is 36.2 Å². The molecule has 4 aliphatic rings. The minimum absolute atomic E-state index is 0.0664. The Labute approximate surface area is 378 Å². The van der Waals surface area contributed by atoms with Crippen LogP contribution in [0.4, 0.5) is 34.1 Å². The summed E-state index contributed by atoms with van der Waals surface area (Å²) >= 11 is 0. The number of aryl methyl sites for hydroxylation is 1. The van der Waals surface area contributed by atoms with Gasteiger partial charge in [-0.3, -0.25) is 0 Å². The van der Waals surface area contributed by atoms with E-state index in [1.54, 1.807) is 0 Å². The van der Waals surface area contributed by atoms with Gasteiger partial charge in [0, 0.05) is 53.4 Å². The van der Waals surface area contributed by atoms with Crippen molar-refractivity contribution in [3.63, 3.8) is 0 Å². The van der Waals surface area contributed by atoms with E-state index in [-0.39, 0.29) is 17.5 Å². The average molecular weight is 843 g/mol. The van der Waals surface area contributed by atoms with E-state index in [1.807, 2.05) is 0 Å². The van der Waals surface area contributed by atoms with E-state index in [0.717, 1.165) is 70.0 Å². The van der Waals surface area contributed by atoms with Crippen molar-refractivity contribution in [2.45, 2.75) is 72.1 Å². The number of benzene rings is 7. The van der Waals surface area contributed by atoms with Gasteiger partial charge in [0.1, 0.15) is 0 Å². The van der Waals surface area contributed by atoms with Crippen LogP contribution in [0, 0.1) is 6.92 Å². The molecule has 4 heterocycles. The highest BCUT2D eigenvalue weighted by molar-refractivity contribution is 7.00. The number of rotatable bonds is 4. The lowest BCUT2D eigenvalue weighted by molar-refractivity contribution is 0.296. The summed E-state index contributed by atoms with van der Waals surface area (Å²) in [6.07, 6.45) is 1.67. The van der Waals surface area contributed by atoms with Gasteiger partial charge in [0.25, 0.3) is 6.71 Å². The monoisotopic (exact) mass is 842 g/mol. The molecule has 0 saturated heterocycles. The number of ether oxygens (including phenoxy) is 4. The zero-order valence-corrected chi connectivity index (χ0v) is 38.0. The van der Waals surface area contributed by atoms with Crippen LogP contribution in [0.5, 0.6) is 23.0 Å². The Hall–Kier alpha value is -6.60. The third kappa shape index (κ3) is 6.97. The molecule has 7 aromatic rings. The van der Waals surface area contributed by atoms with Crippen LogP contribution in [0.15, 0.2) is 133 Å². The Balaban J connectivity index is 1.16. The molecule has 0 atom stereocenters. The number of nitrogens with zero attached hydrogens (tertiary/aromatic N) is 2. The van der Waals surface area contributed by atoms with Gasteiger partial charge in [-0.2, -0.15) is 0 Å². The first-order valence-corrected chi connectivity index (χ1v) is 22.9. The molecule has 64 heavy (non-hydrogen) atoms. The average Bonchev–Trinajstić information content (AvgIpc) is 3.68. The fourth-order valence-electron chi connectivity index (χ4n) is 9.96. The zero-order valence-electron chi connectivity index (χ0n) is 38.0. The van der Waals surface area contributed by atoms with E-state index in [4.69, 9.17) is 18.9 Å². The second-order valence-corrected chi connectivity index (χ2v) is 19.9. The maximum absolute atomic E-state index is 6.47. The second kappa shape index (κ2) is 15.3. The van der Waals surface area contributed by atoms with Gasteiger partial charge < -0.3 is 28.7 Å². The van der Waals surface area contributed by atoms with E-state index < -0.39 is 0 Å². The normalized spacial score (nSPS) is 15.1. The zero-order chi connectivity index (χ0) is 43.9. The van der Waals surface area contributed by atoms with Crippen LogP contribution in [-0.4, -0.2) is 33.1 Å². The summed E-state index contributed by atoms with van der Waals surface area (Å²) < 4.78 is 25.4. The standard InChI is InChI=1S/C57H55BN2O4/c1-36-29-49-55-50(30-36)60(44-22-24-51-52(33-44)62-26-9-25-61-51)48-35-54-53(63-27-10-28-64-54)34-46(48)58(55)45-23-17-40(38-15-20-42(21-16-38)57(5,6)7)32-47(45)59(49)43-12-8-11-39(31-43)37-13-18-41(19-14-37)56(2,3)4/h8,11-24,29-35H,9-10,25-28H2,1-7H3. The summed E-state index contributed by atoms with van der Waals surface area (Å²) in [6.45, 7) is 18.2. The molecule has 0 bridgehead atoms. The lowest BCUT2D eigenvalue weighted by Crippen LogP contribution is -2.61. The fraction of sp³-hybridized carbons (Fsp3) is 0.263. The number of anilines is 6. The highest BCUT2D eigenvalue weighted by Crippen LogP contribution is 2.49. The Morgan fingerprint density at radius 3 is 1.52 bits per heavy atom. The van der Waals surface area contributed by atoms with E-state index >= 15 is 0 Å². The molecule has 7 aromatic carbocycles. The Morgan fingerprint density at radius 1 is 0.422 bits per heavy atom. The molecule has 0 aliphatic carbocycles. The minimum Gasteiger partial charge on any atom is -0.490 e. The largest absolute Gasteiger partial charge is 0.490 e. The van der Waals surface area contributed by atoms with Crippen molar-refractivity contribution in [3.8, 4) is 45.3 Å². The lowest BCUT2D eigenvalue weighted by Gasteiger charge is -2.44. The van der Waals surface area contributed by atoms with Gasteiger partial charge in [0.05, 0.1) is 32.1 Å². The summed E-state index contributed by atoms with van der Waals surface area (Å²) in [7, 11) is 0. The second-order valence-electron chi connectivity index (χ2n) is 19.9. The van der Waals surface area contributed by atoms with Crippen LogP contribution in [-0.2, 0) is 10.8 Å². The predicted molar refractivity (Wildman–Crippen MR) is 265 cm³/mol.